The Bertz CT molecular complexity index is 926. The third kappa shape index (κ3) is 6.42. The van der Waals surface area contributed by atoms with Gasteiger partial charge in [-0.2, -0.15) is 0 Å². The molecule has 0 unspecified atom stereocenters. The summed E-state index contributed by atoms with van der Waals surface area (Å²) < 4.78 is 6.11. The van der Waals surface area contributed by atoms with Crippen LogP contribution in [0.4, 0.5) is 0 Å². The van der Waals surface area contributed by atoms with Crippen molar-refractivity contribution >= 4 is 18.2 Å². The lowest BCUT2D eigenvalue weighted by atomic mass is 9.82. The number of rotatable bonds is 4. The molecular weight excluding hydrogens is 444 g/mol. The maximum atomic E-state index is 13.3. The molecule has 0 N–H and O–H groups in total. The van der Waals surface area contributed by atoms with Gasteiger partial charge in [0, 0.05) is 63.8 Å². The van der Waals surface area contributed by atoms with E-state index in [4.69, 9.17) is 4.74 Å². The zero-order chi connectivity index (χ0) is 24.8. The molecule has 3 amide bonds. The van der Waals surface area contributed by atoms with Gasteiger partial charge in [0.2, 0.25) is 18.2 Å². The molecule has 3 heterocycles. The van der Waals surface area contributed by atoms with Crippen LogP contribution >= 0.6 is 0 Å². The molecule has 3 aliphatic rings. The molecule has 4 rings (SSSR count). The van der Waals surface area contributed by atoms with Crippen LogP contribution in [-0.2, 0) is 20.9 Å². The van der Waals surface area contributed by atoms with E-state index in [1.54, 1.807) is 4.90 Å². The second-order valence-electron chi connectivity index (χ2n) is 10.1. The molecule has 1 aromatic carbocycles. The second kappa shape index (κ2) is 11.7. The number of para-hydroxylation sites is 1. The van der Waals surface area contributed by atoms with Crippen LogP contribution < -0.4 is 4.74 Å². The number of fused-ring (bicyclic) bond motifs is 3. The van der Waals surface area contributed by atoms with E-state index in [2.05, 4.69) is 30.9 Å². The highest BCUT2D eigenvalue weighted by Gasteiger charge is 2.33. The number of hydrogen-bond donors (Lipinski definition) is 0. The van der Waals surface area contributed by atoms with Crippen LogP contribution in [-0.4, -0.2) is 96.3 Å². The number of piperidine rings is 1. The Kier molecular flexibility index (Phi) is 8.44. The topological polar surface area (TPSA) is 73.4 Å². The van der Waals surface area contributed by atoms with Crippen LogP contribution in [0.15, 0.2) is 36.4 Å². The predicted molar refractivity (Wildman–Crippen MR) is 134 cm³/mol. The number of nitrogens with zero attached hydrogens (tertiary/aromatic N) is 4. The van der Waals surface area contributed by atoms with Gasteiger partial charge in [-0.1, -0.05) is 30.4 Å². The first kappa shape index (κ1) is 25.2. The fourth-order valence-corrected chi connectivity index (χ4v) is 5.22. The van der Waals surface area contributed by atoms with Crippen molar-refractivity contribution in [1.82, 2.24) is 19.6 Å². The average Bonchev–Trinajstić information content (AvgIpc) is 2.88. The Hall–Kier alpha value is -2.87. The molecule has 0 saturated carbocycles. The minimum atomic E-state index is 0.111. The van der Waals surface area contributed by atoms with Crippen LogP contribution in [0.3, 0.4) is 0 Å². The van der Waals surface area contributed by atoms with Gasteiger partial charge in [0.25, 0.3) is 0 Å². The smallest absolute Gasteiger partial charge is 0.236 e. The fraction of sp³-hybridized carbons (Fsp3) is 0.593. The SMILES string of the molecule is CC(C)N1CC(=O)N2CC[C@@H](CC(=O)N3CCN(C=O)CC3)[C@@H](/C=C\COc3ccccc3C1)C2. The Morgan fingerprint density at radius 2 is 1.89 bits per heavy atom. The molecule has 35 heavy (non-hydrogen) atoms. The first-order chi connectivity index (χ1) is 16.9. The van der Waals surface area contributed by atoms with Crippen molar-refractivity contribution in [3.63, 3.8) is 0 Å². The highest BCUT2D eigenvalue weighted by atomic mass is 16.5. The van der Waals surface area contributed by atoms with Crippen LogP contribution in [0, 0.1) is 11.8 Å². The average molecular weight is 483 g/mol. The monoisotopic (exact) mass is 482 g/mol. The van der Waals surface area contributed by atoms with E-state index < -0.39 is 0 Å². The highest BCUT2D eigenvalue weighted by Crippen LogP contribution is 2.30. The standard InChI is InChI=1S/C27H38N4O4/c1-21(2)31-18-24-6-3-4-8-25(24)35-15-5-7-23-17-30(27(34)19-31)10-9-22(23)16-26(33)29-13-11-28(20-32)12-14-29/h3-8,20-23H,9-19H2,1-2H3/b7-5-/t22-,23-/m0/s1. The van der Waals surface area contributed by atoms with Crippen molar-refractivity contribution in [3.05, 3.63) is 42.0 Å². The molecular formula is C27H38N4O4. The summed E-state index contributed by atoms with van der Waals surface area (Å²) in [5.74, 6) is 1.43. The summed E-state index contributed by atoms with van der Waals surface area (Å²) in [5, 5.41) is 0. The second-order valence-corrected chi connectivity index (χ2v) is 10.1. The predicted octanol–water partition coefficient (Wildman–Crippen LogP) is 2.00. The largest absolute Gasteiger partial charge is 0.489 e. The number of hydrogen-bond acceptors (Lipinski definition) is 5. The van der Waals surface area contributed by atoms with Crippen molar-refractivity contribution in [3.8, 4) is 5.75 Å². The molecule has 1 aromatic rings. The number of carbonyl (C=O) groups excluding carboxylic acids is 3. The maximum absolute atomic E-state index is 13.3. The van der Waals surface area contributed by atoms with Gasteiger partial charge in [-0.05, 0) is 38.2 Å². The summed E-state index contributed by atoms with van der Waals surface area (Å²) in [6.45, 7) is 9.40. The quantitative estimate of drug-likeness (QED) is 0.485. The zero-order valence-electron chi connectivity index (χ0n) is 21.0. The van der Waals surface area contributed by atoms with Crippen molar-refractivity contribution in [2.45, 2.75) is 39.3 Å². The molecule has 3 aliphatic heterocycles. The van der Waals surface area contributed by atoms with Crippen molar-refractivity contribution < 1.29 is 19.1 Å². The number of amides is 3. The van der Waals surface area contributed by atoms with Gasteiger partial charge in [-0.3, -0.25) is 19.3 Å². The summed E-state index contributed by atoms with van der Waals surface area (Å²) in [6, 6.07) is 8.25. The lowest BCUT2D eigenvalue weighted by molar-refractivity contribution is -0.138. The Morgan fingerprint density at radius 1 is 1.11 bits per heavy atom. The Morgan fingerprint density at radius 3 is 2.63 bits per heavy atom. The summed E-state index contributed by atoms with van der Waals surface area (Å²) in [5.41, 5.74) is 1.08. The number of ether oxygens (including phenoxy) is 1. The van der Waals surface area contributed by atoms with Crippen LogP contribution in [0.1, 0.15) is 32.3 Å². The molecule has 2 atom stereocenters. The molecule has 2 saturated heterocycles. The summed E-state index contributed by atoms with van der Waals surface area (Å²) in [7, 11) is 0. The van der Waals surface area contributed by atoms with Gasteiger partial charge < -0.3 is 19.4 Å². The number of benzene rings is 1. The van der Waals surface area contributed by atoms with Crippen molar-refractivity contribution in [1.29, 1.82) is 0 Å². The van der Waals surface area contributed by atoms with Crippen molar-refractivity contribution in [2.75, 3.05) is 52.4 Å². The number of carbonyl (C=O) groups is 3. The molecule has 2 bridgehead atoms. The van der Waals surface area contributed by atoms with Gasteiger partial charge in [0.15, 0.2) is 0 Å². The van der Waals surface area contributed by atoms with E-state index in [9.17, 15) is 14.4 Å². The van der Waals surface area contributed by atoms with E-state index >= 15 is 0 Å². The zero-order valence-corrected chi connectivity index (χ0v) is 21.0. The summed E-state index contributed by atoms with van der Waals surface area (Å²) >= 11 is 0. The first-order valence-corrected chi connectivity index (χ1v) is 12.8. The fourth-order valence-electron chi connectivity index (χ4n) is 5.22. The van der Waals surface area contributed by atoms with Gasteiger partial charge in [-0.25, -0.2) is 0 Å². The molecule has 8 nitrogen and oxygen atoms in total. The van der Waals surface area contributed by atoms with Crippen LogP contribution in [0.2, 0.25) is 0 Å². The highest BCUT2D eigenvalue weighted by molar-refractivity contribution is 5.79. The Labute approximate surface area is 208 Å². The van der Waals surface area contributed by atoms with E-state index in [0.29, 0.717) is 65.4 Å². The molecule has 8 heteroatoms. The van der Waals surface area contributed by atoms with Gasteiger partial charge in [-0.15, -0.1) is 0 Å². The van der Waals surface area contributed by atoms with Gasteiger partial charge in [0.1, 0.15) is 12.4 Å². The van der Waals surface area contributed by atoms with E-state index in [1.165, 1.54) is 0 Å². The maximum Gasteiger partial charge on any atom is 0.236 e. The van der Waals surface area contributed by atoms with E-state index in [1.807, 2.05) is 34.1 Å². The minimum Gasteiger partial charge on any atom is -0.489 e. The minimum absolute atomic E-state index is 0.111. The van der Waals surface area contributed by atoms with Crippen molar-refractivity contribution in [2.24, 2.45) is 11.8 Å². The first-order valence-electron chi connectivity index (χ1n) is 12.8. The molecule has 2 fully saturated rings. The summed E-state index contributed by atoms with van der Waals surface area (Å²) in [4.78, 5) is 45.1. The molecule has 0 spiro atoms. The molecule has 0 radical (unpaired) electrons. The van der Waals surface area contributed by atoms with Crippen LogP contribution in [0.25, 0.3) is 0 Å². The van der Waals surface area contributed by atoms with Gasteiger partial charge >= 0.3 is 0 Å². The van der Waals surface area contributed by atoms with Crippen LogP contribution in [0.5, 0.6) is 5.75 Å². The third-order valence-electron chi connectivity index (χ3n) is 7.55. The normalized spacial score (nSPS) is 25.1. The summed E-state index contributed by atoms with van der Waals surface area (Å²) in [6.07, 6.45) is 6.31. The molecule has 0 aliphatic carbocycles. The molecule has 0 aromatic heterocycles. The van der Waals surface area contributed by atoms with E-state index in [-0.39, 0.29) is 29.7 Å². The molecule has 190 valence electrons. The third-order valence-corrected chi connectivity index (χ3v) is 7.55. The number of piperazine rings is 1. The van der Waals surface area contributed by atoms with E-state index in [0.717, 1.165) is 24.1 Å². The Balaban J connectivity index is 1.48. The van der Waals surface area contributed by atoms with Gasteiger partial charge in [0.05, 0.1) is 6.54 Å². The lowest BCUT2D eigenvalue weighted by Crippen LogP contribution is -2.50. The lowest BCUT2D eigenvalue weighted by Gasteiger charge is -2.39.